The lowest BCUT2D eigenvalue weighted by Crippen LogP contribution is -2.06. The summed E-state index contributed by atoms with van der Waals surface area (Å²) in [6, 6.07) is 0. The van der Waals surface area contributed by atoms with Gasteiger partial charge in [0.2, 0.25) is 0 Å². The molecule has 0 aromatic carbocycles. The minimum Gasteiger partial charge on any atom is -0.301 e. The summed E-state index contributed by atoms with van der Waals surface area (Å²) in [4.78, 5) is 5.29. The maximum atomic E-state index is 4.76. The van der Waals surface area contributed by atoms with E-state index < -0.39 is 0 Å². The van der Waals surface area contributed by atoms with Crippen molar-refractivity contribution in [2.75, 3.05) is 13.2 Å². The van der Waals surface area contributed by atoms with Crippen LogP contribution in [0.4, 0.5) is 0 Å². The third kappa shape index (κ3) is 0.929. The smallest absolute Gasteiger partial charge is 0.0820 e. The number of nitrogens with one attached hydrogen (secondary N) is 1. The van der Waals surface area contributed by atoms with Gasteiger partial charge in [-0.1, -0.05) is 15.9 Å². The van der Waals surface area contributed by atoms with E-state index in [4.69, 9.17) is 4.84 Å². The van der Waals surface area contributed by atoms with Crippen molar-refractivity contribution in [3.05, 3.63) is 0 Å². The average Bonchev–Trinajstić information content (AvgIpc) is 1.86. The molecule has 0 aliphatic carbocycles. The number of halogens is 1. The molecule has 1 rings (SSSR count). The van der Waals surface area contributed by atoms with Gasteiger partial charge >= 0.3 is 0 Å². The summed E-state index contributed by atoms with van der Waals surface area (Å²) in [7, 11) is 0. The van der Waals surface area contributed by atoms with Gasteiger partial charge in [-0.15, -0.1) is 0 Å². The Morgan fingerprint density at radius 2 is 2.67 bits per heavy atom. The molecule has 1 unspecified atom stereocenters. The van der Waals surface area contributed by atoms with E-state index in [-0.39, 0.29) is 0 Å². The van der Waals surface area contributed by atoms with E-state index in [0.29, 0.717) is 4.83 Å². The Morgan fingerprint density at radius 3 is 2.83 bits per heavy atom. The standard InChI is InChI=1S/C3H6BrNO/c4-3-1-5-6-2-3/h3,5H,1-2H2. The lowest BCUT2D eigenvalue weighted by molar-refractivity contribution is 0.103. The van der Waals surface area contributed by atoms with Crippen LogP contribution in [-0.4, -0.2) is 18.0 Å². The van der Waals surface area contributed by atoms with Gasteiger partial charge in [-0.05, 0) is 0 Å². The van der Waals surface area contributed by atoms with E-state index in [0.717, 1.165) is 13.2 Å². The second-order valence-electron chi connectivity index (χ2n) is 1.26. The zero-order valence-electron chi connectivity index (χ0n) is 3.28. The molecule has 1 fully saturated rings. The van der Waals surface area contributed by atoms with Gasteiger partial charge in [-0.3, -0.25) is 0 Å². The molecule has 1 atom stereocenters. The van der Waals surface area contributed by atoms with Crippen molar-refractivity contribution in [1.29, 1.82) is 0 Å². The molecule has 1 aliphatic rings. The lowest BCUT2D eigenvalue weighted by atomic mass is 10.5. The number of hydrogen-bond donors (Lipinski definition) is 1. The van der Waals surface area contributed by atoms with E-state index in [1.807, 2.05) is 0 Å². The predicted octanol–water partition coefficient (Wildman–Crippen LogP) is 0.285. The molecule has 36 valence electrons. The highest BCUT2D eigenvalue weighted by Gasteiger charge is 2.09. The number of alkyl halides is 1. The van der Waals surface area contributed by atoms with E-state index in [9.17, 15) is 0 Å². The van der Waals surface area contributed by atoms with Crippen LogP contribution in [0.25, 0.3) is 0 Å². The Labute approximate surface area is 44.9 Å². The van der Waals surface area contributed by atoms with Crippen LogP contribution < -0.4 is 5.48 Å². The van der Waals surface area contributed by atoms with Crippen LogP contribution in [0.1, 0.15) is 0 Å². The fourth-order valence-corrected chi connectivity index (χ4v) is 0.622. The quantitative estimate of drug-likeness (QED) is 0.503. The van der Waals surface area contributed by atoms with Crippen molar-refractivity contribution in [2.24, 2.45) is 0 Å². The molecule has 3 heteroatoms. The van der Waals surface area contributed by atoms with Crippen LogP contribution in [0.2, 0.25) is 0 Å². The van der Waals surface area contributed by atoms with Crippen LogP contribution in [-0.2, 0) is 4.84 Å². The van der Waals surface area contributed by atoms with Gasteiger partial charge < -0.3 is 4.84 Å². The molecular weight excluding hydrogens is 146 g/mol. The third-order valence-corrected chi connectivity index (χ3v) is 1.26. The maximum Gasteiger partial charge on any atom is 0.0820 e. The molecule has 0 saturated carbocycles. The summed E-state index contributed by atoms with van der Waals surface area (Å²) in [5, 5.41) is 0. The van der Waals surface area contributed by atoms with Gasteiger partial charge in [0, 0.05) is 6.54 Å². The Morgan fingerprint density at radius 1 is 1.83 bits per heavy atom. The van der Waals surface area contributed by atoms with E-state index in [1.165, 1.54) is 0 Å². The normalized spacial score (nSPS) is 34.5. The van der Waals surface area contributed by atoms with Crippen molar-refractivity contribution < 1.29 is 4.84 Å². The second kappa shape index (κ2) is 1.91. The first-order valence-corrected chi connectivity index (χ1v) is 2.80. The monoisotopic (exact) mass is 151 g/mol. The molecule has 1 saturated heterocycles. The summed E-state index contributed by atoms with van der Waals surface area (Å²) in [6.07, 6.45) is 0. The molecule has 0 bridgehead atoms. The van der Waals surface area contributed by atoms with Crippen LogP contribution in [0.3, 0.4) is 0 Å². The van der Waals surface area contributed by atoms with Crippen molar-refractivity contribution >= 4 is 15.9 Å². The highest BCUT2D eigenvalue weighted by Crippen LogP contribution is 2.01. The van der Waals surface area contributed by atoms with E-state index in [1.54, 1.807) is 0 Å². The lowest BCUT2D eigenvalue weighted by Gasteiger charge is -1.84. The summed E-state index contributed by atoms with van der Waals surface area (Å²) < 4.78 is 0. The van der Waals surface area contributed by atoms with Gasteiger partial charge in [0.25, 0.3) is 0 Å². The Bertz CT molecular complexity index is 44.1. The molecule has 0 aromatic heterocycles. The maximum absolute atomic E-state index is 4.76. The zero-order valence-corrected chi connectivity index (χ0v) is 4.86. The van der Waals surface area contributed by atoms with Crippen LogP contribution in [0.5, 0.6) is 0 Å². The van der Waals surface area contributed by atoms with E-state index in [2.05, 4.69) is 21.4 Å². The Kier molecular flexibility index (Phi) is 1.45. The van der Waals surface area contributed by atoms with Crippen molar-refractivity contribution in [3.63, 3.8) is 0 Å². The highest BCUT2D eigenvalue weighted by molar-refractivity contribution is 9.09. The van der Waals surface area contributed by atoms with Crippen molar-refractivity contribution in [3.8, 4) is 0 Å². The molecule has 0 aromatic rings. The SMILES string of the molecule is BrC1CNOC1. The zero-order chi connectivity index (χ0) is 4.41. The van der Waals surface area contributed by atoms with Gasteiger partial charge in [0.1, 0.15) is 0 Å². The first-order chi connectivity index (χ1) is 2.89. The van der Waals surface area contributed by atoms with Crippen LogP contribution in [0, 0.1) is 0 Å². The molecule has 0 radical (unpaired) electrons. The van der Waals surface area contributed by atoms with Crippen molar-refractivity contribution in [1.82, 2.24) is 5.48 Å². The van der Waals surface area contributed by atoms with Gasteiger partial charge in [0.15, 0.2) is 0 Å². The highest BCUT2D eigenvalue weighted by atomic mass is 79.9. The van der Waals surface area contributed by atoms with Crippen LogP contribution >= 0.6 is 15.9 Å². The minimum atomic E-state index is 0.525. The number of hydrogen-bond acceptors (Lipinski definition) is 2. The summed E-state index contributed by atoms with van der Waals surface area (Å²) in [5.74, 6) is 0. The molecule has 1 N–H and O–H groups in total. The predicted molar refractivity (Wildman–Crippen MR) is 26.7 cm³/mol. The molecule has 0 spiro atoms. The van der Waals surface area contributed by atoms with Crippen LogP contribution in [0.15, 0.2) is 0 Å². The second-order valence-corrected chi connectivity index (χ2v) is 2.55. The van der Waals surface area contributed by atoms with Crippen molar-refractivity contribution in [2.45, 2.75) is 4.83 Å². The first-order valence-electron chi connectivity index (χ1n) is 1.88. The first kappa shape index (κ1) is 4.56. The summed E-state index contributed by atoms with van der Waals surface area (Å²) in [6.45, 7) is 1.72. The largest absolute Gasteiger partial charge is 0.301 e. The van der Waals surface area contributed by atoms with Gasteiger partial charge in [0.05, 0.1) is 11.4 Å². The number of rotatable bonds is 0. The van der Waals surface area contributed by atoms with Gasteiger partial charge in [-0.25, -0.2) is 5.48 Å². The molecule has 0 amide bonds. The Hall–Kier alpha value is 0.400. The summed E-state index contributed by atoms with van der Waals surface area (Å²) >= 11 is 3.35. The topological polar surface area (TPSA) is 21.3 Å². The minimum absolute atomic E-state index is 0.525. The third-order valence-electron chi connectivity index (χ3n) is 0.671. The molecule has 1 heterocycles. The van der Waals surface area contributed by atoms with E-state index >= 15 is 0 Å². The molecule has 1 aliphatic heterocycles. The summed E-state index contributed by atoms with van der Waals surface area (Å²) in [5.41, 5.74) is 2.73. The number of hydroxylamine groups is 1. The molecule has 6 heavy (non-hydrogen) atoms. The van der Waals surface area contributed by atoms with Gasteiger partial charge in [-0.2, -0.15) is 0 Å². The molecule has 2 nitrogen and oxygen atoms in total. The Balaban J connectivity index is 2.18. The average molecular weight is 152 g/mol. The fraction of sp³-hybridized carbons (Fsp3) is 1.00. The molecular formula is C3H6BrNO. The fourth-order valence-electron chi connectivity index (χ4n) is 0.358.